The summed E-state index contributed by atoms with van der Waals surface area (Å²) in [6, 6.07) is 17.9. The van der Waals surface area contributed by atoms with Gasteiger partial charge in [0, 0.05) is 36.2 Å². The van der Waals surface area contributed by atoms with E-state index in [1.165, 1.54) is 0 Å². The van der Waals surface area contributed by atoms with Crippen LogP contribution in [0.2, 0.25) is 0 Å². The monoisotopic (exact) mass is 502 g/mol. The molecule has 9 nitrogen and oxygen atoms in total. The molecule has 1 fully saturated rings. The summed E-state index contributed by atoms with van der Waals surface area (Å²) in [6.07, 6.45) is 3.00. The smallest absolute Gasteiger partial charge is 0.252 e. The Hall–Kier alpha value is -3.56. The van der Waals surface area contributed by atoms with Gasteiger partial charge in [-0.05, 0) is 66.4 Å². The third kappa shape index (κ3) is 5.89. The fourth-order valence-corrected chi connectivity index (χ4v) is 5.08. The number of H-pyrrole nitrogens is 1. The van der Waals surface area contributed by atoms with Gasteiger partial charge in [-0.3, -0.25) is 9.69 Å². The number of nitrogens with zero attached hydrogens (tertiary/aromatic N) is 5. The second-order valence-electron chi connectivity index (χ2n) is 9.47. The van der Waals surface area contributed by atoms with Gasteiger partial charge in [0.05, 0.1) is 25.3 Å². The quantitative estimate of drug-likeness (QED) is 0.327. The fraction of sp³-hybridized carbons (Fsp3) is 0.429. The SMILES string of the molecule is CCOc1ccc2[nH]c(=O)c(CN(Cc3ccccc3)[C@@H](CC)c3nnnn3C[C@@H]3CCCO3)cc2c1. The molecule has 194 valence electrons. The van der Waals surface area contributed by atoms with Crippen LogP contribution in [0.25, 0.3) is 10.9 Å². The predicted molar refractivity (Wildman–Crippen MR) is 141 cm³/mol. The molecule has 0 amide bonds. The number of tetrazole rings is 1. The summed E-state index contributed by atoms with van der Waals surface area (Å²) in [6.45, 7) is 7.20. The van der Waals surface area contributed by atoms with Gasteiger partial charge in [0.2, 0.25) is 0 Å². The first kappa shape index (κ1) is 25.1. The van der Waals surface area contributed by atoms with Crippen molar-refractivity contribution in [2.75, 3.05) is 13.2 Å². The van der Waals surface area contributed by atoms with E-state index in [0.717, 1.165) is 53.9 Å². The summed E-state index contributed by atoms with van der Waals surface area (Å²) in [7, 11) is 0. The average molecular weight is 503 g/mol. The van der Waals surface area contributed by atoms with E-state index in [1.54, 1.807) is 0 Å². The Morgan fingerprint density at radius 3 is 2.78 bits per heavy atom. The van der Waals surface area contributed by atoms with Crippen LogP contribution in [0, 0.1) is 0 Å². The van der Waals surface area contributed by atoms with Gasteiger partial charge < -0.3 is 14.5 Å². The maximum absolute atomic E-state index is 13.2. The summed E-state index contributed by atoms with van der Waals surface area (Å²) in [5.41, 5.74) is 2.55. The molecule has 4 aromatic rings. The minimum atomic E-state index is -0.0940. The van der Waals surface area contributed by atoms with Gasteiger partial charge in [-0.15, -0.1) is 5.10 Å². The number of rotatable bonds is 11. The van der Waals surface area contributed by atoms with Crippen molar-refractivity contribution in [3.8, 4) is 5.75 Å². The molecule has 0 radical (unpaired) electrons. The molecule has 5 rings (SSSR count). The first-order valence-corrected chi connectivity index (χ1v) is 13.1. The van der Waals surface area contributed by atoms with E-state index in [2.05, 4.69) is 44.5 Å². The minimum absolute atomic E-state index is 0.0820. The second kappa shape index (κ2) is 11.7. The van der Waals surface area contributed by atoms with E-state index in [-0.39, 0.29) is 17.7 Å². The lowest BCUT2D eigenvalue weighted by Crippen LogP contribution is -2.33. The van der Waals surface area contributed by atoms with Crippen LogP contribution in [0.5, 0.6) is 5.75 Å². The minimum Gasteiger partial charge on any atom is -0.494 e. The van der Waals surface area contributed by atoms with Crippen LogP contribution in [0.1, 0.15) is 56.1 Å². The van der Waals surface area contributed by atoms with E-state index >= 15 is 0 Å². The van der Waals surface area contributed by atoms with Crippen molar-refractivity contribution < 1.29 is 9.47 Å². The van der Waals surface area contributed by atoms with Crippen LogP contribution in [0.15, 0.2) is 59.4 Å². The average Bonchev–Trinajstić information content (AvgIpc) is 3.59. The molecule has 1 saturated heterocycles. The first-order valence-electron chi connectivity index (χ1n) is 13.1. The molecule has 0 spiro atoms. The predicted octanol–water partition coefficient (Wildman–Crippen LogP) is 4.25. The van der Waals surface area contributed by atoms with E-state index in [1.807, 2.05) is 54.1 Å². The van der Waals surface area contributed by atoms with Crippen LogP contribution in [-0.2, 0) is 24.4 Å². The van der Waals surface area contributed by atoms with Crippen molar-refractivity contribution in [1.82, 2.24) is 30.1 Å². The zero-order valence-electron chi connectivity index (χ0n) is 21.5. The highest BCUT2D eigenvalue weighted by Gasteiger charge is 2.28. The van der Waals surface area contributed by atoms with Gasteiger partial charge in [-0.1, -0.05) is 37.3 Å². The number of hydrogen-bond donors (Lipinski definition) is 1. The molecule has 0 bridgehead atoms. The summed E-state index contributed by atoms with van der Waals surface area (Å²) in [4.78, 5) is 18.5. The summed E-state index contributed by atoms with van der Waals surface area (Å²) < 4.78 is 13.4. The van der Waals surface area contributed by atoms with Crippen LogP contribution in [0.3, 0.4) is 0 Å². The van der Waals surface area contributed by atoms with Gasteiger partial charge in [0.15, 0.2) is 5.82 Å². The van der Waals surface area contributed by atoms with Crippen molar-refractivity contribution in [1.29, 1.82) is 0 Å². The second-order valence-corrected chi connectivity index (χ2v) is 9.47. The summed E-state index contributed by atoms with van der Waals surface area (Å²) >= 11 is 0. The summed E-state index contributed by atoms with van der Waals surface area (Å²) in [5, 5.41) is 13.7. The lowest BCUT2D eigenvalue weighted by Gasteiger charge is -2.30. The number of fused-ring (bicyclic) bond motifs is 1. The molecule has 2 atom stereocenters. The third-order valence-corrected chi connectivity index (χ3v) is 6.89. The van der Waals surface area contributed by atoms with Crippen molar-refractivity contribution in [3.63, 3.8) is 0 Å². The molecular formula is C28H34N6O3. The van der Waals surface area contributed by atoms with Crippen molar-refractivity contribution >= 4 is 10.9 Å². The Bertz CT molecular complexity index is 1360. The Morgan fingerprint density at radius 2 is 2.03 bits per heavy atom. The Kier molecular flexibility index (Phi) is 7.91. The van der Waals surface area contributed by atoms with Gasteiger partial charge in [-0.2, -0.15) is 0 Å². The van der Waals surface area contributed by atoms with E-state index in [4.69, 9.17) is 9.47 Å². The topological polar surface area (TPSA) is 98.2 Å². The maximum atomic E-state index is 13.2. The summed E-state index contributed by atoms with van der Waals surface area (Å²) in [5.74, 6) is 1.58. The molecule has 1 aliphatic rings. The molecule has 0 saturated carbocycles. The molecular weight excluding hydrogens is 468 g/mol. The molecule has 1 N–H and O–H groups in total. The van der Waals surface area contributed by atoms with Crippen LogP contribution in [-0.4, -0.2) is 49.4 Å². The first-order chi connectivity index (χ1) is 18.1. The number of ether oxygens (including phenoxy) is 2. The molecule has 2 aromatic carbocycles. The number of aromatic amines is 1. The van der Waals surface area contributed by atoms with Crippen molar-refractivity contribution in [2.45, 2.75) is 64.9 Å². The molecule has 0 unspecified atom stereocenters. The number of nitrogens with one attached hydrogen (secondary N) is 1. The molecule has 9 heteroatoms. The molecule has 3 heterocycles. The lowest BCUT2D eigenvalue weighted by molar-refractivity contribution is 0.0888. The normalized spacial score (nSPS) is 16.5. The number of hydrogen-bond acceptors (Lipinski definition) is 7. The Balaban J connectivity index is 1.49. The number of aromatic nitrogens is 5. The van der Waals surface area contributed by atoms with Crippen LogP contribution in [0.4, 0.5) is 0 Å². The zero-order valence-corrected chi connectivity index (χ0v) is 21.5. The maximum Gasteiger partial charge on any atom is 0.252 e. The van der Waals surface area contributed by atoms with Gasteiger partial charge in [-0.25, -0.2) is 4.68 Å². The van der Waals surface area contributed by atoms with E-state index < -0.39 is 0 Å². The zero-order chi connectivity index (χ0) is 25.6. The van der Waals surface area contributed by atoms with E-state index in [9.17, 15) is 4.79 Å². The van der Waals surface area contributed by atoms with Crippen LogP contribution < -0.4 is 10.3 Å². The van der Waals surface area contributed by atoms with Gasteiger partial charge in [0.25, 0.3) is 5.56 Å². The molecule has 37 heavy (non-hydrogen) atoms. The Morgan fingerprint density at radius 1 is 1.16 bits per heavy atom. The van der Waals surface area contributed by atoms with Crippen LogP contribution >= 0.6 is 0 Å². The number of benzene rings is 2. The standard InChI is InChI=1S/C28H34N6O3/c1-3-26(27-30-31-32-34(27)19-24-11-8-14-37-24)33(17-20-9-6-5-7-10-20)18-22-15-21-16-23(36-4-2)12-13-25(21)29-28(22)35/h5-7,9-10,12-13,15-16,24,26H,3-4,8,11,14,17-19H2,1-2H3,(H,29,35)/t24-,26-/m0/s1. The highest BCUT2D eigenvalue weighted by molar-refractivity contribution is 5.80. The van der Waals surface area contributed by atoms with Crippen molar-refractivity contribution in [2.24, 2.45) is 0 Å². The highest BCUT2D eigenvalue weighted by Crippen LogP contribution is 2.28. The lowest BCUT2D eigenvalue weighted by atomic mass is 10.1. The fourth-order valence-electron chi connectivity index (χ4n) is 5.08. The Labute approximate surface area is 216 Å². The van der Waals surface area contributed by atoms with Gasteiger partial charge in [0.1, 0.15) is 5.75 Å². The van der Waals surface area contributed by atoms with E-state index in [0.29, 0.717) is 31.8 Å². The molecule has 1 aliphatic heterocycles. The number of pyridine rings is 1. The van der Waals surface area contributed by atoms with Gasteiger partial charge >= 0.3 is 0 Å². The molecule has 2 aromatic heterocycles. The highest BCUT2D eigenvalue weighted by atomic mass is 16.5. The van der Waals surface area contributed by atoms with Crippen molar-refractivity contribution in [3.05, 3.63) is 81.9 Å². The third-order valence-electron chi connectivity index (χ3n) is 6.89. The largest absolute Gasteiger partial charge is 0.494 e. The molecule has 0 aliphatic carbocycles.